The number of ether oxygens (including phenoxy) is 1. The fourth-order valence-electron chi connectivity index (χ4n) is 1.47. The van der Waals surface area contributed by atoms with E-state index in [0.717, 1.165) is 18.4 Å². The average molecular weight is 270 g/mol. The van der Waals surface area contributed by atoms with Crippen molar-refractivity contribution in [2.75, 3.05) is 19.0 Å². The molecule has 18 heavy (non-hydrogen) atoms. The van der Waals surface area contributed by atoms with Crippen molar-refractivity contribution >= 4 is 28.9 Å². The molecule has 0 aliphatic heterocycles. The highest BCUT2D eigenvalue weighted by Crippen LogP contribution is 2.28. The molecule has 3 N–H and O–H groups in total. The van der Waals surface area contributed by atoms with Crippen LogP contribution >= 0.6 is 11.3 Å². The molecule has 5 nitrogen and oxygen atoms in total. The second-order valence-corrected chi connectivity index (χ2v) is 4.79. The van der Waals surface area contributed by atoms with Crippen molar-refractivity contribution in [2.45, 2.75) is 26.2 Å². The van der Waals surface area contributed by atoms with Gasteiger partial charge in [0.05, 0.1) is 12.8 Å². The van der Waals surface area contributed by atoms with Gasteiger partial charge in [-0.15, -0.1) is 11.3 Å². The number of carbonyl (C=O) groups excluding carboxylic acids is 2. The van der Waals surface area contributed by atoms with Crippen molar-refractivity contribution in [3.63, 3.8) is 0 Å². The fourth-order valence-corrected chi connectivity index (χ4v) is 2.40. The van der Waals surface area contributed by atoms with E-state index in [2.05, 4.69) is 10.1 Å². The van der Waals surface area contributed by atoms with Crippen LogP contribution in [0.5, 0.6) is 0 Å². The zero-order chi connectivity index (χ0) is 13.5. The van der Waals surface area contributed by atoms with Crippen molar-refractivity contribution in [3.8, 4) is 0 Å². The Hall–Kier alpha value is -1.40. The Kier molecular flexibility index (Phi) is 5.80. The second kappa shape index (κ2) is 7.13. The number of anilines is 1. The summed E-state index contributed by atoms with van der Waals surface area (Å²) in [5, 5.41) is 4.58. The molecule has 1 rings (SSSR count). The molecule has 0 saturated heterocycles. The molecule has 6 heteroatoms. The van der Waals surface area contributed by atoms with E-state index in [1.165, 1.54) is 18.4 Å². The lowest BCUT2D eigenvalue weighted by Crippen LogP contribution is -2.14. The largest absolute Gasteiger partial charge is 0.465 e. The predicted molar refractivity (Wildman–Crippen MR) is 71.9 cm³/mol. The van der Waals surface area contributed by atoms with Crippen molar-refractivity contribution in [3.05, 3.63) is 15.8 Å². The van der Waals surface area contributed by atoms with E-state index in [4.69, 9.17) is 5.73 Å². The Balaban J connectivity index is 2.68. The molecular weight excluding hydrogens is 252 g/mol. The van der Waals surface area contributed by atoms with Gasteiger partial charge in [0.15, 0.2) is 0 Å². The van der Waals surface area contributed by atoms with Crippen LogP contribution in [0.15, 0.2) is 5.38 Å². The molecule has 0 aliphatic carbocycles. The maximum Gasteiger partial charge on any atom is 0.350 e. The number of nitrogens with two attached hydrogens (primary N) is 1. The molecule has 0 bridgehead atoms. The molecule has 0 unspecified atom stereocenters. The molecule has 1 aromatic rings. The summed E-state index contributed by atoms with van der Waals surface area (Å²) in [5.41, 5.74) is 6.79. The molecule has 0 saturated carbocycles. The van der Waals surface area contributed by atoms with Crippen LogP contribution in [0.25, 0.3) is 0 Å². The van der Waals surface area contributed by atoms with Crippen LogP contribution in [0.2, 0.25) is 0 Å². The first-order chi connectivity index (χ1) is 8.60. The third-order valence-corrected chi connectivity index (χ3v) is 3.55. The van der Waals surface area contributed by atoms with Gasteiger partial charge in [0.25, 0.3) is 0 Å². The van der Waals surface area contributed by atoms with Crippen LogP contribution in [0.3, 0.4) is 0 Å². The van der Waals surface area contributed by atoms with Gasteiger partial charge in [0.1, 0.15) is 4.88 Å². The Morgan fingerprint density at radius 1 is 1.44 bits per heavy atom. The third kappa shape index (κ3) is 3.82. The number of amides is 1. The van der Waals surface area contributed by atoms with Crippen LogP contribution in [0, 0.1) is 6.92 Å². The molecule has 1 aromatic heterocycles. The number of rotatable bonds is 6. The summed E-state index contributed by atoms with van der Waals surface area (Å²) >= 11 is 1.27. The number of carbonyl (C=O) groups is 2. The maximum atomic E-state index is 11.7. The normalized spacial score (nSPS) is 10.2. The van der Waals surface area contributed by atoms with Gasteiger partial charge in [-0.3, -0.25) is 4.79 Å². The van der Waals surface area contributed by atoms with Gasteiger partial charge in [-0.25, -0.2) is 4.79 Å². The van der Waals surface area contributed by atoms with Crippen LogP contribution in [0.4, 0.5) is 5.69 Å². The SMILES string of the molecule is COC(=O)c1scc(C)c1NC(=O)CCCCN. The van der Waals surface area contributed by atoms with E-state index in [1.807, 2.05) is 12.3 Å². The molecule has 0 aliphatic rings. The lowest BCUT2D eigenvalue weighted by Gasteiger charge is -2.07. The smallest absolute Gasteiger partial charge is 0.350 e. The minimum absolute atomic E-state index is 0.102. The summed E-state index contributed by atoms with van der Waals surface area (Å²) in [6.07, 6.45) is 1.98. The first kappa shape index (κ1) is 14.7. The highest BCUT2D eigenvalue weighted by molar-refractivity contribution is 7.12. The number of methoxy groups -OCH3 is 1. The van der Waals surface area contributed by atoms with Gasteiger partial charge in [-0.2, -0.15) is 0 Å². The second-order valence-electron chi connectivity index (χ2n) is 3.91. The highest BCUT2D eigenvalue weighted by atomic mass is 32.1. The summed E-state index contributed by atoms with van der Waals surface area (Å²) < 4.78 is 4.67. The number of esters is 1. The Morgan fingerprint density at radius 2 is 2.17 bits per heavy atom. The van der Waals surface area contributed by atoms with Crippen LogP contribution in [-0.4, -0.2) is 25.5 Å². The molecule has 100 valence electrons. The molecule has 0 aromatic carbocycles. The third-order valence-electron chi connectivity index (χ3n) is 2.47. The first-order valence-electron chi connectivity index (χ1n) is 5.76. The van der Waals surface area contributed by atoms with E-state index in [1.54, 1.807) is 0 Å². The van der Waals surface area contributed by atoms with E-state index in [9.17, 15) is 9.59 Å². The summed E-state index contributed by atoms with van der Waals surface area (Å²) in [7, 11) is 1.32. The van der Waals surface area contributed by atoms with Crippen molar-refractivity contribution in [1.29, 1.82) is 0 Å². The Morgan fingerprint density at radius 3 is 2.78 bits per heavy atom. The molecule has 0 radical (unpaired) electrons. The first-order valence-corrected chi connectivity index (χ1v) is 6.64. The minimum Gasteiger partial charge on any atom is -0.465 e. The molecule has 0 atom stereocenters. The molecule has 0 fully saturated rings. The quantitative estimate of drug-likeness (QED) is 0.611. The van der Waals surface area contributed by atoms with Gasteiger partial charge in [0, 0.05) is 6.42 Å². The fraction of sp³-hybridized carbons (Fsp3) is 0.500. The summed E-state index contributed by atoms with van der Waals surface area (Å²) in [6.45, 7) is 2.43. The summed E-state index contributed by atoms with van der Waals surface area (Å²) in [4.78, 5) is 23.6. The number of thiophene rings is 1. The summed E-state index contributed by atoms with van der Waals surface area (Å²) in [6, 6.07) is 0. The van der Waals surface area contributed by atoms with E-state index < -0.39 is 5.97 Å². The van der Waals surface area contributed by atoms with E-state index >= 15 is 0 Å². The molecule has 1 heterocycles. The molecule has 0 spiro atoms. The zero-order valence-electron chi connectivity index (χ0n) is 10.6. The monoisotopic (exact) mass is 270 g/mol. The number of aryl methyl sites for hydroxylation is 1. The van der Waals surface area contributed by atoms with Crippen LogP contribution in [0.1, 0.15) is 34.5 Å². The maximum absolute atomic E-state index is 11.7. The lowest BCUT2D eigenvalue weighted by molar-refractivity contribution is -0.116. The minimum atomic E-state index is -0.426. The van der Waals surface area contributed by atoms with Crippen LogP contribution in [-0.2, 0) is 9.53 Å². The van der Waals surface area contributed by atoms with Gasteiger partial charge >= 0.3 is 5.97 Å². The van der Waals surface area contributed by atoms with E-state index in [-0.39, 0.29) is 5.91 Å². The van der Waals surface area contributed by atoms with Gasteiger partial charge in [-0.05, 0) is 37.3 Å². The Bertz CT molecular complexity index is 429. The van der Waals surface area contributed by atoms with E-state index in [0.29, 0.717) is 23.5 Å². The standard InChI is InChI=1S/C12H18N2O3S/c1-8-7-18-11(12(16)17-2)10(8)14-9(15)5-3-4-6-13/h7H,3-6,13H2,1-2H3,(H,14,15). The van der Waals surface area contributed by atoms with Gasteiger partial charge < -0.3 is 15.8 Å². The van der Waals surface area contributed by atoms with Gasteiger partial charge in [-0.1, -0.05) is 0 Å². The zero-order valence-corrected chi connectivity index (χ0v) is 11.4. The summed E-state index contributed by atoms with van der Waals surface area (Å²) in [5.74, 6) is -0.527. The Labute approximate surface area is 110 Å². The topological polar surface area (TPSA) is 81.4 Å². The van der Waals surface area contributed by atoms with Gasteiger partial charge in [0.2, 0.25) is 5.91 Å². The van der Waals surface area contributed by atoms with Crippen molar-refractivity contribution in [2.24, 2.45) is 5.73 Å². The number of unbranched alkanes of at least 4 members (excludes halogenated alkanes) is 1. The van der Waals surface area contributed by atoms with Crippen molar-refractivity contribution in [1.82, 2.24) is 0 Å². The lowest BCUT2D eigenvalue weighted by atomic mass is 10.2. The number of nitrogens with one attached hydrogen (secondary N) is 1. The highest BCUT2D eigenvalue weighted by Gasteiger charge is 2.18. The van der Waals surface area contributed by atoms with Crippen LogP contribution < -0.4 is 11.1 Å². The number of hydrogen-bond donors (Lipinski definition) is 2. The predicted octanol–water partition coefficient (Wildman–Crippen LogP) is 1.91. The van der Waals surface area contributed by atoms with Crippen molar-refractivity contribution < 1.29 is 14.3 Å². The number of hydrogen-bond acceptors (Lipinski definition) is 5. The average Bonchev–Trinajstić information content (AvgIpc) is 2.71. The molecular formula is C12H18N2O3S. The molecule has 1 amide bonds.